The molecule has 2 fully saturated rings. The van der Waals surface area contributed by atoms with Crippen molar-refractivity contribution in [3.8, 4) is 5.75 Å². The standard InChI is InChI=1S/C15H18Cl2N2O3/c16-9-4-12(17)14(13(20)5-9)15(21)18-6-11-7-19-3-1-2-10(19)8-22-11/h4-5,10-11,20H,1-3,6-8H2,(H,18,21)/t10-,11-/m0/s1. The molecule has 2 saturated heterocycles. The maximum absolute atomic E-state index is 12.2. The maximum atomic E-state index is 12.2. The Kier molecular flexibility index (Phi) is 4.78. The van der Waals surface area contributed by atoms with Gasteiger partial charge in [-0.25, -0.2) is 0 Å². The van der Waals surface area contributed by atoms with Gasteiger partial charge < -0.3 is 15.2 Å². The number of nitrogens with one attached hydrogen (secondary N) is 1. The lowest BCUT2D eigenvalue weighted by Crippen LogP contribution is -2.50. The van der Waals surface area contributed by atoms with Crippen LogP contribution in [0.5, 0.6) is 5.75 Å². The Morgan fingerprint density at radius 2 is 2.27 bits per heavy atom. The lowest BCUT2D eigenvalue weighted by Gasteiger charge is -2.35. The van der Waals surface area contributed by atoms with E-state index in [2.05, 4.69) is 10.2 Å². The first-order valence-electron chi connectivity index (χ1n) is 7.36. The van der Waals surface area contributed by atoms with E-state index >= 15 is 0 Å². The van der Waals surface area contributed by atoms with Gasteiger partial charge in [-0.2, -0.15) is 0 Å². The fourth-order valence-corrected chi connectivity index (χ4v) is 3.66. The van der Waals surface area contributed by atoms with E-state index < -0.39 is 5.91 Å². The summed E-state index contributed by atoms with van der Waals surface area (Å²) in [6, 6.07) is 3.26. The van der Waals surface area contributed by atoms with Gasteiger partial charge in [0, 0.05) is 24.2 Å². The molecule has 1 amide bonds. The van der Waals surface area contributed by atoms with Crippen LogP contribution >= 0.6 is 23.2 Å². The van der Waals surface area contributed by atoms with Gasteiger partial charge in [-0.3, -0.25) is 9.69 Å². The Morgan fingerprint density at radius 3 is 3.05 bits per heavy atom. The van der Waals surface area contributed by atoms with E-state index in [0.717, 1.165) is 13.1 Å². The van der Waals surface area contributed by atoms with Crippen LogP contribution in [0, 0.1) is 0 Å². The molecule has 2 aliphatic rings. The second-order valence-electron chi connectivity index (χ2n) is 5.74. The van der Waals surface area contributed by atoms with E-state index in [4.69, 9.17) is 27.9 Å². The number of phenols is 1. The minimum absolute atomic E-state index is 0.0356. The van der Waals surface area contributed by atoms with Crippen molar-refractivity contribution in [2.24, 2.45) is 0 Å². The summed E-state index contributed by atoms with van der Waals surface area (Å²) in [7, 11) is 0. The van der Waals surface area contributed by atoms with Crippen LogP contribution in [-0.4, -0.2) is 54.3 Å². The number of nitrogens with zero attached hydrogens (tertiary/aromatic N) is 1. The third-order valence-electron chi connectivity index (χ3n) is 4.21. The SMILES string of the molecule is O=C(NC[C@H]1CN2CCC[C@H]2CO1)c1c(O)cc(Cl)cc1Cl. The molecule has 2 aliphatic heterocycles. The lowest BCUT2D eigenvalue weighted by atomic mass is 10.1. The first-order chi connectivity index (χ1) is 10.5. The van der Waals surface area contributed by atoms with E-state index in [1.54, 1.807) is 0 Å². The summed E-state index contributed by atoms with van der Waals surface area (Å²) in [6.45, 7) is 3.03. The van der Waals surface area contributed by atoms with Crippen LogP contribution in [-0.2, 0) is 4.74 Å². The van der Waals surface area contributed by atoms with Crippen molar-refractivity contribution in [2.45, 2.75) is 25.0 Å². The minimum atomic E-state index is -0.425. The van der Waals surface area contributed by atoms with Gasteiger partial charge in [0.1, 0.15) is 5.75 Å². The average molecular weight is 345 g/mol. The molecule has 0 radical (unpaired) electrons. The van der Waals surface area contributed by atoms with Crippen molar-refractivity contribution in [3.63, 3.8) is 0 Å². The summed E-state index contributed by atoms with van der Waals surface area (Å²) in [5.41, 5.74) is 0.0425. The summed E-state index contributed by atoms with van der Waals surface area (Å²) in [4.78, 5) is 14.6. The van der Waals surface area contributed by atoms with Crippen LogP contribution in [0.3, 0.4) is 0 Å². The highest BCUT2D eigenvalue weighted by atomic mass is 35.5. The number of carbonyl (C=O) groups is 1. The van der Waals surface area contributed by atoms with Crippen molar-refractivity contribution in [1.82, 2.24) is 10.2 Å². The Morgan fingerprint density at radius 1 is 1.45 bits per heavy atom. The van der Waals surface area contributed by atoms with E-state index in [1.807, 2.05) is 0 Å². The van der Waals surface area contributed by atoms with Crippen molar-refractivity contribution in [2.75, 3.05) is 26.2 Å². The molecule has 3 rings (SSSR count). The number of hydrogen-bond donors (Lipinski definition) is 2. The molecule has 0 aromatic heterocycles. The smallest absolute Gasteiger partial charge is 0.256 e. The second-order valence-corrected chi connectivity index (χ2v) is 6.58. The Balaban J connectivity index is 1.59. The first kappa shape index (κ1) is 15.9. The molecule has 0 spiro atoms. The van der Waals surface area contributed by atoms with Gasteiger partial charge in [0.2, 0.25) is 0 Å². The van der Waals surface area contributed by atoms with Crippen LogP contribution in [0.2, 0.25) is 10.0 Å². The van der Waals surface area contributed by atoms with Crippen LogP contribution in [0.4, 0.5) is 0 Å². The molecule has 120 valence electrons. The van der Waals surface area contributed by atoms with Crippen molar-refractivity contribution in [3.05, 3.63) is 27.7 Å². The molecule has 1 aromatic rings. The summed E-state index contributed by atoms with van der Waals surface area (Å²) in [5.74, 6) is -0.648. The molecule has 7 heteroatoms. The third kappa shape index (κ3) is 3.33. The van der Waals surface area contributed by atoms with Gasteiger partial charge in [-0.1, -0.05) is 23.2 Å². The van der Waals surface area contributed by atoms with Crippen molar-refractivity contribution >= 4 is 29.1 Å². The fraction of sp³-hybridized carbons (Fsp3) is 0.533. The number of halogens is 2. The zero-order chi connectivity index (χ0) is 15.7. The second kappa shape index (κ2) is 6.62. The Labute approximate surface area is 139 Å². The van der Waals surface area contributed by atoms with Gasteiger partial charge in [0.25, 0.3) is 5.91 Å². The minimum Gasteiger partial charge on any atom is -0.507 e. The third-order valence-corrected chi connectivity index (χ3v) is 4.73. The summed E-state index contributed by atoms with van der Waals surface area (Å²) in [5, 5.41) is 13.0. The highest BCUT2D eigenvalue weighted by molar-refractivity contribution is 6.37. The summed E-state index contributed by atoms with van der Waals surface area (Å²) >= 11 is 11.8. The number of phenolic OH excluding ortho intramolecular Hbond substituents is 1. The van der Waals surface area contributed by atoms with Crippen LogP contribution < -0.4 is 5.32 Å². The van der Waals surface area contributed by atoms with E-state index in [1.165, 1.54) is 25.0 Å². The molecular weight excluding hydrogens is 327 g/mol. The van der Waals surface area contributed by atoms with Gasteiger partial charge >= 0.3 is 0 Å². The molecule has 0 saturated carbocycles. The van der Waals surface area contributed by atoms with Crippen molar-refractivity contribution in [1.29, 1.82) is 0 Å². The quantitative estimate of drug-likeness (QED) is 0.883. The summed E-state index contributed by atoms with van der Waals surface area (Å²) < 4.78 is 5.78. The predicted molar refractivity (Wildman–Crippen MR) is 84.8 cm³/mol. The predicted octanol–water partition coefficient (Wildman–Crippen LogP) is 2.29. The normalized spacial score (nSPS) is 25.0. The molecule has 0 bridgehead atoms. The van der Waals surface area contributed by atoms with Gasteiger partial charge in [-0.05, 0) is 31.5 Å². The number of hydrogen-bond acceptors (Lipinski definition) is 4. The monoisotopic (exact) mass is 344 g/mol. The number of benzene rings is 1. The van der Waals surface area contributed by atoms with Gasteiger partial charge in [0.15, 0.2) is 0 Å². The Hall–Kier alpha value is -1.01. The molecular formula is C15H18Cl2N2O3. The maximum Gasteiger partial charge on any atom is 0.256 e. The molecule has 2 heterocycles. The number of carbonyl (C=O) groups excluding carboxylic acids is 1. The van der Waals surface area contributed by atoms with Crippen LogP contribution in [0.1, 0.15) is 23.2 Å². The first-order valence-corrected chi connectivity index (χ1v) is 8.12. The van der Waals surface area contributed by atoms with Gasteiger partial charge in [-0.15, -0.1) is 0 Å². The van der Waals surface area contributed by atoms with E-state index in [0.29, 0.717) is 19.2 Å². The molecule has 5 nitrogen and oxygen atoms in total. The summed E-state index contributed by atoms with van der Waals surface area (Å²) in [6.07, 6.45) is 2.36. The number of rotatable bonds is 3. The highest BCUT2D eigenvalue weighted by Gasteiger charge is 2.32. The average Bonchev–Trinajstić information content (AvgIpc) is 2.91. The zero-order valence-electron chi connectivity index (χ0n) is 12.0. The molecule has 0 aliphatic carbocycles. The number of ether oxygens (including phenoxy) is 1. The zero-order valence-corrected chi connectivity index (χ0v) is 13.5. The van der Waals surface area contributed by atoms with E-state index in [9.17, 15) is 9.90 Å². The molecule has 1 aromatic carbocycles. The Bertz CT molecular complexity index is 559. The number of aromatic hydroxyl groups is 1. The highest BCUT2D eigenvalue weighted by Crippen LogP contribution is 2.30. The largest absolute Gasteiger partial charge is 0.507 e. The molecule has 0 unspecified atom stereocenters. The molecule has 2 atom stereocenters. The lowest BCUT2D eigenvalue weighted by molar-refractivity contribution is -0.0461. The van der Waals surface area contributed by atoms with Gasteiger partial charge in [0.05, 0.1) is 23.3 Å². The topological polar surface area (TPSA) is 61.8 Å². The number of fused-ring (bicyclic) bond motifs is 1. The molecule has 2 N–H and O–H groups in total. The number of morpholine rings is 1. The van der Waals surface area contributed by atoms with Crippen molar-refractivity contribution < 1.29 is 14.6 Å². The fourth-order valence-electron chi connectivity index (χ4n) is 3.09. The number of amides is 1. The van der Waals surface area contributed by atoms with E-state index in [-0.39, 0.29) is 27.5 Å². The van der Waals surface area contributed by atoms with Crippen LogP contribution in [0.25, 0.3) is 0 Å². The van der Waals surface area contributed by atoms with Crippen LogP contribution in [0.15, 0.2) is 12.1 Å². The molecule has 22 heavy (non-hydrogen) atoms.